The van der Waals surface area contributed by atoms with E-state index < -0.39 is 5.91 Å². The topological polar surface area (TPSA) is 105 Å². The van der Waals surface area contributed by atoms with E-state index in [1.165, 1.54) is 10.9 Å². The van der Waals surface area contributed by atoms with E-state index >= 15 is 0 Å². The Kier molecular flexibility index (Phi) is 6.85. The highest BCUT2D eigenvalue weighted by atomic mass is 79.9. The number of carbonyl (C=O) groups excluding carboxylic acids is 2. The molecular weight excluding hydrogens is 440 g/mol. The highest BCUT2D eigenvalue weighted by Crippen LogP contribution is 2.23. The molecule has 0 radical (unpaired) electrons. The quantitative estimate of drug-likeness (QED) is 0.372. The lowest BCUT2D eigenvalue weighted by molar-refractivity contribution is -0.122. The molecule has 0 fully saturated rings. The van der Waals surface area contributed by atoms with Gasteiger partial charge >= 0.3 is 0 Å². The van der Waals surface area contributed by atoms with E-state index in [0.29, 0.717) is 24.5 Å². The van der Waals surface area contributed by atoms with Gasteiger partial charge in [-0.3, -0.25) is 20.4 Å². The van der Waals surface area contributed by atoms with Gasteiger partial charge in [0.25, 0.3) is 5.91 Å². The van der Waals surface area contributed by atoms with Crippen LogP contribution in [0, 0.1) is 0 Å². The lowest BCUT2D eigenvalue weighted by atomic mass is 10.3. The zero-order valence-electron chi connectivity index (χ0n) is 15.3. The van der Waals surface area contributed by atoms with Gasteiger partial charge in [-0.05, 0) is 46.6 Å². The summed E-state index contributed by atoms with van der Waals surface area (Å²) in [5, 5.41) is 14.0. The van der Waals surface area contributed by atoms with Gasteiger partial charge in [-0.25, -0.2) is 4.68 Å². The number of halogens is 1. The Hall–Kier alpha value is -3.33. The number of hydrogen-bond donors (Lipinski definition) is 3. The number of aromatic hydroxyl groups is 1. The zero-order valence-corrected chi connectivity index (χ0v) is 16.9. The average Bonchev–Trinajstić information content (AvgIpc) is 3.13. The SMILES string of the molecule is O=C(CCCOc1ccccc1Br)NNC(=O)c1nn(-c2ccccc2)cc1O. The molecule has 29 heavy (non-hydrogen) atoms. The molecule has 9 heteroatoms. The number of nitrogens with zero attached hydrogens (tertiary/aromatic N) is 2. The maximum Gasteiger partial charge on any atom is 0.294 e. The number of aromatic nitrogens is 2. The van der Waals surface area contributed by atoms with E-state index in [-0.39, 0.29) is 23.8 Å². The van der Waals surface area contributed by atoms with E-state index in [4.69, 9.17) is 4.74 Å². The van der Waals surface area contributed by atoms with Gasteiger partial charge in [-0.1, -0.05) is 30.3 Å². The molecule has 3 N–H and O–H groups in total. The molecule has 1 heterocycles. The Morgan fingerprint density at radius 3 is 2.55 bits per heavy atom. The second kappa shape index (κ2) is 9.74. The number of hydrazine groups is 1. The summed E-state index contributed by atoms with van der Waals surface area (Å²) in [4.78, 5) is 24.1. The molecule has 0 bridgehead atoms. The van der Waals surface area contributed by atoms with Crippen LogP contribution in [0.15, 0.2) is 65.3 Å². The molecule has 0 saturated heterocycles. The number of carbonyl (C=O) groups is 2. The summed E-state index contributed by atoms with van der Waals surface area (Å²) in [5.41, 5.74) is 5.06. The number of hydrogen-bond acceptors (Lipinski definition) is 5. The molecule has 0 unspecified atom stereocenters. The van der Waals surface area contributed by atoms with Crippen molar-refractivity contribution in [2.75, 3.05) is 6.61 Å². The molecule has 2 aromatic carbocycles. The molecule has 1 aromatic heterocycles. The molecule has 0 aliphatic heterocycles. The fourth-order valence-electron chi connectivity index (χ4n) is 2.46. The summed E-state index contributed by atoms with van der Waals surface area (Å²) in [6.07, 6.45) is 1.96. The molecule has 0 aliphatic rings. The van der Waals surface area contributed by atoms with Gasteiger partial charge in [-0.2, -0.15) is 5.10 Å². The third kappa shape index (κ3) is 5.58. The Balaban J connectivity index is 1.44. The smallest absolute Gasteiger partial charge is 0.294 e. The molecule has 3 rings (SSSR count). The molecule has 8 nitrogen and oxygen atoms in total. The first-order chi connectivity index (χ1) is 14.0. The van der Waals surface area contributed by atoms with Gasteiger partial charge < -0.3 is 9.84 Å². The predicted molar refractivity (Wildman–Crippen MR) is 110 cm³/mol. The lowest BCUT2D eigenvalue weighted by Gasteiger charge is -2.08. The van der Waals surface area contributed by atoms with E-state index in [1.807, 2.05) is 42.5 Å². The number of amides is 2. The average molecular weight is 459 g/mol. The Bertz CT molecular complexity index is 991. The largest absolute Gasteiger partial charge is 0.504 e. The van der Waals surface area contributed by atoms with Gasteiger partial charge in [0.05, 0.1) is 23.0 Å². The molecular formula is C20H19BrN4O4. The first-order valence-corrected chi connectivity index (χ1v) is 9.64. The minimum Gasteiger partial charge on any atom is -0.504 e. The summed E-state index contributed by atoms with van der Waals surface area (Å²) in [7, 11) is 0. The van der Waals surface area contributed by atoms with Crippen LogP contribution in [0.25, 0.3) is 5.69 Å². The van der Waals surface area contributed by atoms with Crippen LogP contribution in [0.3, 0.4) is 0 Å². The predicted octanol–water partition coefficient (Wildman–Crippen LogP) is 2.96. The lowest BCUT2D eigenvalue weighted by Crippen LogP contribution is -2.41. The zero-order chi connectivity index (χ0) is 20.6. The molecule has 0 aliphatic carbocycles. The highest BCUT2D eigenvalue weighted by Gasteiger charge is 2.17. The van der Waals surface area contributed by atoms with Crippen molar-refractivity contribution in [2.45, 2.75) is 12.8 Å². The molecule has 0 atom stereocenters. The summed E-state index contributed by atoms with van der Waals surface area (Å²) in [6, 6.07) is 16.5. The van der Waals surface area contributed by atoms with Crippen molar-refractivity contribution >= 4 is 27.7 Å². The molecule has 0 spiro atoms. The van der Waals surface area contributed by atoms with Gasteiger partial charge in [-0.15, -0.1) is 0 Å². The van der Waals surface area contributed by atoms with Gasteiger partial charge in [0.15, 0.2) is 11.4 Å². The summed E-state index contributed by atoms with van der Waals surface area (Å²) < 4.78 is 7.80. The van der Waals surface area contributed by atoms with Crippen molar-refractivity contribution in [3.8, 4) is 17.2 Å². The maximum atomic E-state index is 12.2. The number of benzene rings is 2. The van der Waals surface area contributed by atoms with E-state index in [1.54, 1.807) is 12.1 Å². The van der Waals surface area contributed by atoms with Gasteiger partial charge in [0, 0.05) is 6.42 Å². The highest BCUT2D eigenvalue weighted by molar-refractivity contribution is 9.10. The Morgan fingerprint density at radius 1 is 1.07 bits per heavy atom. The minimum atomic E-state index is -0.713. The van der Waals surface area contributed by atoms with Crippen molar-refractivity contribution < 1.29 is 19.4 Å². The van der Waals surface area contributed by atoms with Crippen LogP contribution in [0.4, 0.5) is 0 Å². The first-order valence-electron chi connectivity index (χ1n) is 8.85. The minimum absolute atomic E-state index is 0.162. The maximum absolute atomic E-state index is 12.2. The van der Waals surface area contributed by atoms with Crippen molar-refractivity contribution in [3.05, 3.63) is 71.0 Å². The Labute approximate surface area is 175 Å². The second-order valence-electron chi connectivity index (χ2n) is 6.03. The Morgan fingerprint density at radius 2 is 1.79 bits per heavy atom. The molecule has 3 aromatic rings. The van der Waals surface area contributed by atoms with Crippen molar-refractivity contribution in [2.24, 2.45) is 0 Å². The van der Waals surface area contributed by atoms with Crippen molar-refractivity contribution in [3.63, 3.8) is 0 Å². The van der Waals surface area contributed by atoms with Crippen molar-refractivity contribution in [1.82, 2.24) is 20.6 Å². The van der Waals surface area contributed by atoms with Crippen LogP contribution in [0.5, 0.6) is 11.5 Å². The van der Waals surface area contributed by atoms with Crippen LogP contribution in [-0.2, 0) is 4.79 Å². The van der Waals surface area contributed by atoms with Gasteiger partial charge in [0.1, 0.15) is 5.75 Å². The van der Waals surface area contributed by atoms with Crippen molar-refractivity contribution in [1.29, 1.82) is 0 Å². The van der Waals surface area contributed by atoms with E-state index in [9.17, 15) is 14.7 Å². The number of rotatable bonds is 7. The third-order valence-electron chi connectivity index (χ3n) is 3.89. The molecule has 150 valence electrons. The summed E-state index contributed by atoms with van der Waals surface area (Å²) in [6.45, 7) is 0.353. The first kappa shape index (κ1) is 20.4. The fraction of sp³-hybridized carbons (Fsp3) is 0.150. The van der Waals surface area contributed by atoms with Crippen LogP contribution >= 0.6 is 15.9 Å². The number of para-hydroxylation sites is 2. The fourth-order valence-corrected chi connectivity index (χ4v) is 2.86. The number of ether oxygens (including phenoxy) is 1. The second-order valence-corrected chi connectivity index (χ2v) is 6.88. The molecule has 0 saturated carbocycles. The summed E-state index contributed by atoms with van der Waals surface area (Å²) in [5.74, 6) is -0.681. The summed E-state index contributed by atoms with van der Waals surface area (Å²) >= 11 is 3.38. The number of nitrogens with one attached hydrogen (secondary N) is 2. The standard InChI is InChI=1S/C20H19BrN4O4/c21-15-9-4-5-10-17(15)29-12-6-11-18(27)22-23-20(28)19-16(26)13-25(24-19)14-7-2-1-3-8-14/h1-5,7-10,13,26H,6,11-12H2,(H,22,27)(H,23,28). The van der Waals surface area contributed by atoms with E-state index in [0.717, 1.165) is 4.47 Å². The monoisotopic (exact) mass is 458 g/mol. The normalized spacial score (nSPS) is 10.4. The van der Waals surface area contributed by atoms with Gasteiger partial charge in [0.2, 0.25) is 5.91 Å². The van der Waals surface area contributed by atoms with Crippen LogP contribution in [0.2, 0.25) is 0 Å². The van der Waals surface area contributed by atoms with E-state index in [2.05, 4.69) is 31.9 Å². The third-order valence-corrected chi connectivity index (χ3v) is 4.54. The van der Waals surface area contributed by atoms with Crippen LogP contribution in [0.1, 0.15) is 23.3 Å². The van der Waals surface area contributed by atoms with Crippen LogP contribution in [-0.4, -0.2) is 33.3 Å². The van der Waals surface area contributed by atoms with Crippen LogP contribution < -0.4 is 15.6 Å². The molecule has 2 amide bonds.